The van der Waals surface area contributed by atoms with Crippen molar-refractivity contribution in [2.45, 2.75) is 226 Å². The molecule has 0 aromatic heterocycles. The predicted octanol–water partition coefficient (Wildman–Crippen LogP) is 14.9. The first-order valence-corrected chi connectivity index (χ1v) is 19.7. The van der Waals surface area contributed by atoms with E-state index in [1.807, 2.05) is 0 Å². The fourth-order valence-corrected chi connectivity index (χ4v) is 6.67. The van der Waals surface area contributed by atoms with Crippen LogP contribution in [0.25, 0.3) is 0 Å². The highest BCUT2D eigenvalue weighted by Gasteiger charge is 2.03. The predicted molar refractivity (Wildman–Crippen MR) is 193 cm³/mol. The summed E-state index contributed by atoms with van der Waals surface area (Å²) < 4.78 is 0. The van der Waals surface area contributed by atoms with Gasteiger partial charge in [-0.1, -0.05) is 212 Å². The van der Waals surface area contributed by atoms with E-state index in [-0.39, 0.29) is 0 Å². The van der Waals surface area contributed by atoms with E-state index in [0.29, 0.717) is 0 Å². The number of hydrogen-bond acceptors (Lipinski definition) is 0. The second-order valence-electron chi connectivity index (χ2n) is 13.8. The van der Waals surface area contributed by atoms with E-state index >= 15 is 0 Å². The molecule has 0 aliphatic heterocycles. The third-order valence-corrected chi connectivity index (χ3v) is 9.54. The van der Waals surface area contributed by atoms with Crippen LogP contribution in [0.3, 0.4) is 0 Å². The summed E-state index contributed by atoms with van der Waals surface area (Å²) in [5.41, 5.74) is 4.59. The minimum absolute atomic E-state index is 0.929. The summed E-state index contributed by atoms with van der Waals surface area (Å²) in [6.45, 7) is 8.80. The van der Waals surface area contributed by atoms with Crippen LogP contribution in [0.2, 0.25) is 0 Å². The monoisotopic (exact) mass is 582 g/mol. The van der Waals surface area contributed by atoms with Crippen molar-refractivity contribution in [2.75, 3.05) is 0 Å². The maximum atomic E-state index is 4.19. The molecule has 1 radical (unpaired) electrons. The van der Waals surface area contributed by atoms with Crippen LogP contribution in [0, 0.1) is 6.92 Å². The smallest absolute Gasteiger partial charge is 0.0279 e. The first-order valence-electron chi connectivity index (χ1n) is 19.7. The Kier molecular flexibility index (Phi) is 29.6. The first kappa shape index (κ1) is 39.2. The molecule has 1 aromatic rings. The third kappa shape index (κ3) is 25.7. The third-order valence-electron chi connectivity index (χ3n) is 9.54. The van der Waals surface area contributed by atoms with Crippen molar-refractivity contribution >= 4 is 0 Å². The molecule has 0 bridgehead atoms. The Hall–Kier alpha value is -0.780. The average molecular weight is 582 g/mol. The van der Waals surface area contributed by atoms with Crippen molar-refractivity contribution in [3.63, 3.8) is 0 Å². The summed E-state index contributed by atoms with van der Waals surface area (Å²) in [6.07, 6.45) is 46.7. The Bertz CT molecular complexity index is 606. The van der Waals surface area contributed by atoms with Crippen molar-refractivity contribution in [1.82, 2.24) is 0 Å². The van der Waals surface area contributed by atoms with Crippen LogP contribution in [0.1, 0.15) is 223 Å². The van der Waals surface area contributed by atoms with Gasteiger partial charge >= 0.3 is 0 Å². The van der Waals surface area contributed by atoms with Crippen molar-refractivity contribution < 1.29 is 0 Å². The van der Waals surface area contributed by atoms with Gasteiger partial charge in [0.05, 0.1) is 0 Å². The molecule has 1 aromatic carbocycles. The van der Waals surface area contributed by atoms with Gasteiger partial charge in [0.15, 0.2) is 0 Å². The molecular formula is C42H77. The summed E-state index contributed by atoms with van der Waals surface area (Å²) in [6, 6.07) is 7.40. The lowest BCUT2D eigenvalue weighted by atomic mass is 9.96. The molecule has 0 fully saturated rings. The van der Waals surface area contributed by atoms with Gasteiger partial charge < -0.3 is 0 Å². The van der Waals surface area contributed by atoms with Gasteiger partial charge in [-0.25, -0.2) is 0 Å². The molecule has 0 saturated heterocycles. The minimum Gasteiger partial charge on any atom is -0.0654 e. The zero-order valence-electron chi connectivity index (χ0n) is 29.3. The molecule has 245 valence electrons. The number of rotatable bonds is 33. The molecule has 0 heteroatoms. The topological polar surface area (TPSA) is 0 Å². The molecule has 0 aliphatic rings. The molecule has 0 heterocycles. The Morgan fingerprint density at radius 1 is 0.310 bits per heavy atom. The Balaban J connectivity index is 1.99. The van der Waals surface area contributed by atoms with Gasteiger partial charge in [-0.2, -0.15) is 0 Å². The number of benzene rings is 1. The molecule has 0 atom stereocenters. The second kappa shape index (κ2) is 31.6. The van der Waals surface area contributed by atoms with Crippen molar-refractivity contribution in [3.8, 4) is 0 Å². The van der Waals surface area contributed by atoms with E-state index in [9.17, 15) is 0 Å². The molecule has 0 aliphatic carbocycles. The van der Waals surface area contributed by atoms with Gasteiger partial charge in [0.1, 0.15) is 0 Å². The van der Waals surface area contributed by atoms with Gasteiger partial charge in [0.2, 0.25) is 0 Å². The van der Waals surface area contributed by atoms with Crippen LogP contribution >= 0.6 is 0 Å². The second-order valence-corrected chi connectivity index (χ2v) is 13.8. The first-order chi connectivity index (χ1) is 20.8. The number of unbranched alkanes of at least 4 members (excludes halogenated alkanes) is 28. The van der Waals surface area contributed by atoms with Crippen molar-refractivity contribution in [1.29, 1.82) is 0 Å². The Morgan fingerprint density at radius 2 is 0.524 bits per heavy atom. The molecule has 0 N–H and O–H groups in total. The normalized spacial score (nSPS) is 11.5. The largest absolute Gasteiger partial charge is 0.0654 e. The lowest BCUT2D eigenvalue weighted by molar-refractivity contribution is 0.532. The van der Waals surface area contributed by atoms with Crippen LogP contribution in [0.5, 0.6) is 0 Å². The molecule has 0 amide bonds. The van der Waals surface area contributed by atoms with E-state index in [1.165, 1.54) is 211 Å². The van der Waals surface area contributed by atoms with Gasteiger partial charge in [-0.05, 0) is 55.7 Å². The minimum atomic E-state index is 0.929. The van der Waals surface area contributed by atoms with Crippen LogP contribution in [0.4, 0.5) is 0 Å². The number of aryl methyl sites for hydroxylation is 2. The number of hydrogen-bond donors (Lipinski definition) is 0. The molecule has 1 rings (SSSR count). The summed E-state index contributed by atoms with van der Waals surface area (Å²) in [7, 11) is 0. The van der Waals surface area contributed by atoms with Crippen molar-refractivity contribution in [3.05, 3.63) is 41.8 Å². The molecule has 0 unspecified atom stereocenters. The Morgan fingerprint density at radius 3 is 0.762 bits per heavy atom. The highest BCUT2D eigenvalue weighted by molar-refractivity contribution is 5.31. The molecule has 42 heavy (non-hydrogen) atoms. The van der Waals surface area contributed by atoms with Gasteiger partial charge in [0, 0.05) is 0 Å². The quantitative estimate of drug-likeness (QED) is 0.0724. The lowest BCUT2D eigenvalue weighted by Crippen LogP contribution is -1.95. The highest BCUT2D eigenvalue weighted by atomic mass is 14.1. The van der Waals surface area contributed by atoms with Crippen LogP contribution in [-0.4, -0.2) is 0 Å². The fourth-order valence-electron chi connectivity index (χ4n) is 6.67. The zero-order valence-corrected chi connectivity index (χ0v) is 29.3. The zero-order chi connectivity index (χ0) is 30.2. The summed E-state index contributed by atoms with van der Waals surface area (Å²) in [4.78, 5) is 0. The van der Waals surface area contributed by atoms with E-state index < -0.39 is 0 Å². The lowest BCUT2D eigenvalue weighted by Gasteiger charge is -2.10. The van der Waals surface area contributed by atoms with Gasteiger partial charge in [-0.15, -0.1) is 0 Å². The van der Waals surface area contributed by atoms with Crippen molar-refractivity contribution in [2.24, 2.45) is 0 Å². The summed E-state index contributed by atoms with van der Waals surface area (Å²) in [5.74, 6) is 0. The maximum absolute atomic E-state index is 4.19. The Labute approximate surface area is 267 Å². The van der Waals surface area contributed by atoms with E-state index in [0.717, 1.165) is 6.42 Å². The van der Waals surface area contributed by atoms with Crippen LogP contribution < -0.4 is 0 Å². The molecule has 0 spiro atoms. The fraction of sp³-hybridized carbons (Fsp3) is 0.833. The van der Waals surface area contributed by atoms with Gasteiger partial charge in [0.25, 0.3) is 0 Å². The van der Waals surface area contributed by atoms with Gasteiger partial charge in [-0.3, -0.25) is 0 Å². The summed E-state index contributed by atoms with van der Waals surface area (Å²) >= 11 is 0. The molecule has 0 saturated carbocycles. The highest BCUT2D eigenvalue weighted by Crippen LogP contribution is 2.19. The molecule has 0 nitrogen and oxygen atoms in total. The van der Waals surface area contributed by atoms with E-state index in [1.54, 1.807) is 11.1 Å². The molecular weight excluding hydrogens is 504 g/mol. The van der Waals surface area contributed by atoms with Crippen LogP contribution in [-0.2, 0) is 19.3 Å². The SMILES string of the molecule is [CH2]Cc1cc(CCCCCCCCCCCCCCCCC)cc(CCCCCCCCCCCCCCCCC)c1. The van der Waals surface area contributed by atoms with E-state index in [4.69, 9.17) is 0 Å². The standard InChI is InChI=1S/C42H77/c1-4-7-9-11-13-15-17-19-21-23-25-27-29-31-33-35-41-37-40(6-3)38-42(39-41)36-34-32-30-28-26-24-22-20-18-16-14-12-10-8-5-2/h37-39H,3-36H2,1-2H3. The average Bonchev–Trinajstić information content (AvgIpc) is 3.01. The van der Waals surface area contributed by atoms with E-state index in [2.05, 4.69) is 39.0 Å². The summed E-state index contributed by atoms with van der Waals surface area (Å²) in [5, 5.41) is 0. The maximum Gasteiger partial charge on any atom is -0.0279 e. The van der Waals surface area contributed by atoms with Crippen LogP contribution in [0.15, 0.2) is 18.2 Å².